The van der Waals surface area contributed by atoms with Gasteiger partial charge in [-0.15, -0.1) is 11.3 Å². The summed E-state index contributed by atoms with van der Waals surface area (Å²) in [5, 5.41) is 12.8. The molecule has 0 aliphatic rings. The van der Waals surface area contributed by atoms with Gasteiger partial charge < -0.3 is 10.6 Å². The van der Waals surface area contributed by atoms with Crippen LogP contribution in [-0.4, -0.2) is 26.9 Å². The molecule has 0 spiro atoms. The molecule has 2 N–H and O–H groups in total. The van der Waals surface area contributed by atoms with Gasteiger partial charge >= 0.3 is 5.69 Å². The van der Waals surface area contributed by atoms with Crippen molar-refractivity contribution in [1.29, 1.82) is 0 Å². The molecule has 0 bridgehead atoms. The monoisotopic (exact) mass is 266 g/mol. The fourth-order valence-corrected chi connectivity index (χ4v) is 2.02. The summed E-state index contributed by atoms with van der Waals surface area (Å²) in [5.74, 6) is 0.0376. The van der Waals surface area contributed by atoms with Crippen LogP contribution < -0.4 is 10.6 Å². The van der Waals surface area contributed by atoms with E-state index in [0.29, 0.717) is 6.54 Å². The number of nitrogen functional groups attached to an aromatic ring is 1. The Morgan fingerprint density at radius 3 is 2.89 bits per heavy atom. The molecule has 0 fully saturated rings. The molecule has 0 radical (unpaired) electrons. The van der Waals surface area contributed by atoms with Gasteiger partial charge in [-0.1, -0.05) is 0 Å². The van der Waals surface area contributed by atoms with E-state index in [0.717, 1.165) is 5.69 Å². The smallest absolute Gasteiger partial charge is 0.353 e. The lowest BCUT2D eigenvalue weighted by Crippen LogP contribution is -2.20. The molecule has 2 rings (SSSR count). The van der Waals surface area contributed by atoms with Crippen LogP contribution in [0.4, 0.5) is 17.3 Å². The molecule has 94 valence electrons. The molecule has 0 saturated carbocycles. The second kappa shape index (κ2) is 4.92. The fourth-order valence-electron chi connectivity index (χ4n) is 1.47. The maximum absolute atomic E-state index is 11.0. The van der Waals surface area contributed by atoms with E-state index in [1.165, 1.54) is 17.7 Å². The molecule has 0 unspecified atom stereocenters. The zero-order valence-corrected chi connectivity index (χ0v) is 10.3. The SMILES string of the molecule is CN(Cc1cscn1)c1ncnc(N)c1[N+](=O)[O-]. The van der Waals surface area contributed by atoms with Crippen molar-refractivity contribution in [2.45, 2.75) is 6.54 Å². The maximum atomic E-state index is 11.0. The predicted octanol–water partition coefficient (Wildman–Crippen LogP) is 1.06. The normalized spacial score (nSPS) is 10.3. The summed E-state index contributed by atoms with van der Waals surface area (Å²) < 4.78 is 0. The molecule has 0 aromatic carbocycles. The second-order valence-electron chi connectivity index (χ2n) is 3.52. The summed E-state index contributed by atoms with van der Waals surface area (Å²) in [6.07, 6.45) is 1.20. The van der Waals surface area contributed by atoms with Crippen LogP contribution in [0.2, 0.25) is 0 Å². The molecule has 2 aromatic heterocycles. The van der Waals surface area contributed by atoms with Crippen LogP contribution in [0, 0.1) is 10.1 Å². The largest absolute Gasteiger partial charge is 0.378 e. The molecule has 8 nitrogen and oxygen atoms in total. The van der Waals surface area contributed by atoms with E-state index in [1.807, 2.05) is 5.38 Å². The van der Waals surface area contributed by atoms with Crippen LogP contribution >= 0.6 is 11.3 Å². The first kappa shape index (κ1) is 12.2. The topological polar surface area (TPSA) is 111 Å². The van der Waals surface area contributed by atoms with Crippen molar-refractivity contribution in [3.05, 3.63) is 33.0 Å². The third-order valence-corrected chi connectivity index (χ3v) is 2.89. The van der Waals surface area contributed by atoms with Crippen molar-refractivity contribution in [3.8, 4) is 0 Å². The molecule has 0 aliphatic carbocycles. The molecule has 0 amide bonds. The van der Waals surface area contributed by atoms with E-state index in [4.69, 9.17) is 5.73 Å². The average Bonchev–Trinajstić information content (AvgIpc) is 2.80. The van der Waals surface area contributed by atoms with E-state index >= 15 is 0 Å². The van der Waals surface area contributed by atoms with Gasteiger partial charge in [0.15, 0.2) is 0 Å². The lowest BCUT2D eigenvalue weighted by Gasteiger charge is -2.16. The van der Waals surface area contributed by atoms with E-state index in [9.17, 15) is 10.1 Å². The number of thiazole rings is 1. The van der Waals surface area contributed by atoms with E-state index in [2.05, 4.69) is 15.0 Å². The predicted molar refractivity (Wildman–Crippen MR) is 67.3 cm³/mol. The van der Waals surface area contributed by atoms with Gasteiger partial charge in [-0.2, -0.15) is 0 Å². The van der Waals surface area contributed by atoms with Crippen LogP contribution in [0.15, 0.2) is 17.2 Å². The quantitative estimate of drug-likeness (QED) is 0.650. The highest BCUT2D eigenvalue weighted by atomic mass is 32.1. The Balaban J connectivity index is 2.32. The maximum Gasteiger partial charge on any atom is 0.353 e. The van der Waals surface area contributed by atoms with Gasteiger partial charge in [-0.05, 0) is 0 Å². The highest BCUT2D eigenvalue weighted by molar-refractivity contribution is 7.07. The Kier molecular flexibility index (Phi) is 3.33. The molecule has 0 atom stereocenters. The number of rotatable bonds is 4. The number of nitro groups is 1. The zero-order chi connectivity index (χ0) is 13.1. The van der Waals surface area contributed by atoms with Gasteiger partial charge in [0.2, 0.25) is 11.6 Å². The highest BCUT2D eigenvalue weighted by Gasteiger charge is 2.23. The Morgan fingerprint density at radius 2 is 2.28 bits per heavy atom. The van der Waals surface area contributed by atoms with Crippen molar-refractivity contribution >= 4 is 28.7 Å². The number of hydrogen-bond acceptors (Lipinski definition) is 8. The van der Waals surface area contributed by atoms with Crippen LogP contribution in [-0.2, 0) is 6.54 Å². The summed E-state index contributed by atoms with van der Waals surface area (Å²) in [6, 6.07) is 0. The van der Waals surface area contributed by atoms with Crippen molar-refractivity contribution in [2.75, 3.05) is 17.7 Å². The highest BCUT2D eigenvalue weighted by Crippen LogP contribution is 2.29. The standard InChI is InChI=1S/C9H10N6O2S/c1-14(2-6-3-18-5-13-6)9-7(15(16)17)8(10)11-4-12-9/h3-5H,2H2,1H3,(H2,10,11,12). The Labute approximate surface area is 106 Å². The van der Waals surface area contributed by atoms with Crippen molar-refractivity contribution in [3.63, 3.8) is 0 Å². The molecule has 2 heterocycles. The Morgan fingerprint density at radius 1 is 1.50 bits per heavy atom. The average molecular weight is 266 g/mol. The van der Waals surface area contributed by atoms with Crippen molar-refractivity contribution < 1.29 is 4.92 Å². The van der Waals surface area contributed by atoms with Crippen molar-refractivity contribution in [2.24, 2.45) is 0 Å². The third-order valence-electron chi connectivity index (χ3n) is 2.26. The molecule has 2 aromatic rings. The van der Waals surface area contributed by atoms with Crippen LogP contribution in [0.1, 0.15) is 5.69 Å². The Hall–Kier alpha value is -2.29. The molecule has 18 heavy (non-hydrogen) atoms. The summed E-state index contributed by atoms with van der Waals surface area (Å²) in [6.45, 7) is 0.417. The summed E-state index contributed by atoms with van der Waals surface area (Å²) >= 11 is 1.46. The van der Waals surface area contributed by atoms with Gasteiger partial charge in [-0.25, -0.2) is 15.0 Å². The first-order chi connectivity index (χ1) is 8.59. The number of nitrogens with two attached hydrogens (primary N) is 1. The minimum Gasteiger partial charge on any atom is -0.378 e. The summed E-state index contributed by atoms with van der Waals surface area (Å²) in [7, 11) is 1.69. The molecular formula is C9H10N6O2S. The van der Waals surface area contributed by atoms with E-state index in [1.54, 1.807) is 17.5 Å². The van der Waals surface area contributed by atoms with E-state index in [-0.39, 0.29) is 17.3 Å². The number of hydrogen-bond donors (Lipinski definition) is 1. The molecular weight excluding hydrogens is 256 g/mol. The van der Waals surface area contributed by atoms with Crippen LogP contribution in [0.5, 0.6) is 0 Å². The van der Waals surface area contributed by atoms with Gasteiger partial charge in [0.05, 0.1) is 22.7 Å². The Bertz CT molecular complexity index is 558. The van der Waals surface area contributed by atoms with Crippen LogP contribution in [0.25, 0.3) is 0 Å². The number of anilines is 2. The van der Waals surface area contributed by atoms with Gasteiger partial charge in [0, 0.05) is 12.4 Å². The minimum atomic E-state index is -0.581. The number of nitrogens with zero attached hydrogens (tertiary/aromatic N) is 5. The lowest BCUT2D eigenvalue weighted by atomic mass is 10.3. The molecule has 9 heteroatoms. The minimum absolute atomic E-state index is 0.143. The van der Waals surface area contributed by atoms with Gasteiger partial charge in [0.1, 0.15) is 6.33 Å². The van der Waals surface area contributed by atoms with Gasteiger partial charge in [-0.3, -0.25) is 10.1 Å². The third kappa shape index (κ3) is 2.35. The first-order valence-electron chi connectivity index (χ1n) is 4.92. The first-order valence-corrected chi connectivity index (χ1v) is 5.87. The summed E-state index contributed by atoms with van der Waals surface area (Å²) in [5.41, 5.74) is 7.73. The van der Waals surface area contributed by atoms with E-state index < -0.39 is 4.92 Å². The van der Waals surface area contributed by atoms with Crippen molar-refractivity contribution in [1.82, 2.24) is 15.0 Å². The van der Waals surface area contributed by atoms with Gasteiger partial charge in [0.25, 0.3) is 0 Å². The molecule has 0 aliphatic heterocycles. The second-order valence-corrected chi connectivity index (χ2v) is 4.24. The zero-order valence-electron chi connectivity index (χ0n) is 9.48. The fraction of sp³-hybridized carbons (Fsp3) is 0.222. The summed E-state index contributed by atoms with van der Waals surface area (Å²) in [4.78, 5) is 23.6. The molecule has 0 saturated heterocycles. The lowest BCUT2D eigenvalue weighted by molar-refractivity contribution is -0.383. The number of aromatic nitrogens is 3. The van der Waals surface area contributed by atoms with Crippen LogP contribution in [0.3, 0.4) is 0 Å².